The molecule has 4 heteroatoms. The highest BCUT2D eigenvalue weighted by atomic mass is 35.5. The number of carboxylic acid groups (broad SMARTS) is 1. The van der Waals surface area contributed by atoms with Gasteiger partial charge in [0, 0.05) is 5.02 Å². The highest BCUT2D eigenvalue weighted by Gasteiger charge is 2.13. The molecule has 2 rings (SSSR count). The van der Waals surface area contributed by atoms with Crippen molar-refractivity contribution in [3.8, 4) is 11.5 Å². The molecule has 0 aliphatic carbocycles. The molecule has 0 atom stereocenters. The molecule has 0 heterocycles. The van der Waals surface area contributed by atoms with E-state index in [1.54, 1.807) is 12.1 Å². The summed E-state index contributed by atoms with van der Waals surface area (Å²) in [7, 11) is 0. The van der Waals surface area contributed by atoms with Gasteiger partial charge in [-0.3, -0.25) is 0 Å². The number of benzene rings is 2. The Kier molecular flexibility index (Phi) is 3.76. The molecule has 0 radical (unpaired) electrons. The SMILES string of the molecule is Cc1ccc(Oc2ccc(Cl)cc2C(=O)O)c(C)c1. The van der Waals surface area contributed by atoms with E-state index >= 15 is 0 Å². The number of hydrogen-bond acceptors (Lipinski definition) is 2. The first-order valence-corrected chi connectivity index (χ1v) is 6.13. The van der Waals surface area contributed by atoms with E-state index in [4.69, 9.17) is 21.4 Å². The van der Waals surface area contributed by atoms with Crippen LogP contribution in [0.2, 0.25) is 5.02 Å². The Morgan fingerprint density at radius 2 is 1.79 bits per heavy atom. The summed E-state index contributed by atoms with van der Waals surface area (Å²) in [6.45, 7) is 3.90. The van der Waals surface area contributed by atoms with Crippen LogP contribution in [0, 0.1) is 13.8 Å². The molecule has 19 heavy (non-hydrogen) atoms. The van der Waals surface area contributed by atoms with Gasteiger partial charge in [0.2, 0.25) is 0 Å². The summed E-state index contributed by atoms with van der Waals surface area (Å²) in [5, 5.41) is 9.51. The van der Waals surface area contributed by atoms with Crippen molar-refractivity contribution in [2.75, 3.05) is 0 Å². The number of carbonyl (C=O) groups is 1. The first kappa shape index (κ1) is 13.4. The van der Waals surface area contributed by atoms with E-state index in [0.29, 0.717) is 10.8 Å². The third kappa shape index (κ3) is 3.06. The minimum absolute atomic E-state index is 0.0486. The van der Waals surface area contributed by atoms with E-state index in [1.165, 1.54) is 6.07 Å². The molecule has 0 aliphatic heterocycles. The topological polar surface area (TPSA) is 46.5 Å². The van der Waals surface area contributed by atoms with Gasteiger partial charge in [-0.1, -0.05) is 29.3 Å². The zero-order valence-electron chi connectivity index (χ0n) is 10.6. The van der Waals surface area contributed by atoms with E-state index in [9.17, 15) is 4.79 Å². The van der Waals surface area contributed by atoms with Crippen molar-refractivity contribution < 1.29 is 14.6 Å². The summed E-state index contributed by atoms with van der Waals surface area (Å²) >= 11 is 5.80. The van der Waals surface area contributed by atoms with Crippen molar-refractivity contribution in [2.45, 2.75) is 13.8 Å². The molecule has 0 unspecified atom stereocenters. The molecular weight excluding hydrogens is 264 g/mol. The molecule has 0 spiro atoms. The van der Waals surface area contributed by atoms with Crippen LogP contribution in [0.15, 0.2) is 36.4 Å². The number of halogens is 1. The maximum Gasteiger partial charge on any atom is 0.339 e. The van der Waals surface area contributed by atoms with E-state index in [0.717, 1.165) is 11.1 Å². The van der Waals surface area contributed by atoms with Crippen molar-refractivity contribution in [3.63, 3.8) is 0 Å². The van der Waals surface area contributed by atoms with Crippen LogP contribution in [-0.4, -0.2) is 11.1 Å². The van der Waals surface area contributed by atoms with Crippen molar-refractivity contribution in [1.29, 1.82) is 0 Å². The Morgan fingerprint density at radius 1 is 1.11 bits per heavy atom. The van der Waals surface area contributed by atoms with Crippen LogP contribution >= 0.6 is 11.6 Å². The molecule has 0 saturated carbocycles. The molecule has 0 fully saturated rings. The van der Waals surface area contributed by atoms with Crippen molar-refractivity contribution >= 4 is 17.6 Å². The van der Waals surface area contributed by atoms with Gasteiger partial charge in [-0.05, 0) is 43.7 Å². The second-order valence-electron chi connectivity index (χ2n) is 4.32. The molecule has 2 aromatic rings. The second-order valence-corrected chi connectivity index (χ2v) is 4.75. The summed E-state index contributed by atoms with van der Waals surface area (Å²) in [5.74, 6) is -0.151. The fourth-order valence-corrected chi connectivity index (χ4v) is 1.96. The number of aryl methyl sites for hydroxylation is 2. The molecule has 2 aromatic carbocycles. The molecule has 98 valence electrons. The largest absolute Gasteiger partial charge is 0.478 e. The maximum atomic E-state index is 11.2. The minimum atomic E-state index is -1.07. The van der Waals surface area contributed by atoms with E-state index in [2.05, 4.69) is 0 Å². The summed E-state index contributed by atoms with van der Waals surface area (Å²) < 4.78 is 5.67. The lowest BCUT2D eigenvalue weighted by molar-refractivity contribution is 0.0694. The van der Waals surface area contributed by atoms with Crippen molar-refractivity contribution in [2.24, 2.45) is 0 Å². The van der Waals surface area contributed by atoms with Crippen LogP contribution in [-0.2, 0) is 0 Å². The Hall–Kier alpha value is -2.00. The zero-order valence-corrected chi connectivity index (χ0v) is 11.4. The van der Waals surface area contributed by atoms with Gasteiger partial charge >= 0.3 is 5.97 Å². The van der Waals surface area contributed by atoms with Crippen LogP contribution < -0.4 is 4.74 Å². The van der Waals surface area contributed by atoms with E-state index in [1.807, 2.05) is 32.0 Å². The van der Waals surface area contributed by atoms with Crippen LogP contribution in [0.25, 0.3) is 0 Å². The predicted molar refractivity (Wildman–Crippen MR) is 74.4 cm³/mol. The Morgan fingerprint density at radius 3 is 2.42 bits per heavy atom. The number of aromatic carboxylic acids is 1. The van der Waals surface area contributed by atoms with Gasteiger partial charge in [0.05, 0.1) is 0 Å². The molecule has 0 amide bonds. The molecule has 0 bridgehead atoms. The van der Waals surface area contributed by atoms with Crippen LogP contribution in [0.5, 0.6) is 11.5 Å². The lowest BCUT2D eigenvalue weighted by Gasteiger charge is -2.11. The fraction of sp³-hybridized carbons (Fsp3) is 0.133. The number of carboxylic acids is 1. The lowest BCUT2D eigenvalue weighted by Crippen LogP contribution is -2.00. The fourth-order valence-electron chi connectivity index (χ4n) is 1.79. The Bertz CT molecular complexity index is 635. The number of hydrogen-bond donors (Lipinski definition) is 1. The van der Waals surface area contributed by atoms with Crippen LogP contribution in [0.1, 0.15) is 21.5 Å². The third-order valence-corrected chi connectivity index (χ3v) is 2.96. The molecule has 0 saturated heterocycles. The molecule has 0 aliphatic rings. The predicted octanol–water partition coefficient (Wildman–Crippen LogP) is 4.45. The monoisotopic (exact) mass is 276 g/mol. The van der Waals surface area contributed by atoms with E-state index in [-0.39, 0.29) is 11.3 Å². The lowest BCUT2D eigenvalue weighted by atomic mass is 10.1. The Balaban J connectivity index is 2.40. The highest BCUT2D eigenvalue weighted by Crippen LogP contribution is 2.30. The summed E-state index contributed by atoms with van der Waals surface area (Å²) in [6, 6.07) is 10.3. The van der Waals surface area contributed by atoms with Crippen molar-refractivity contribution in [1.82, 2.24) is 0 Å². The van der Waals surface area contributed by atoms with Gasteiger partial charge in [-0.15, -0.1) is 0 Å². The smallest absolute Gasteiger partial charge is 0.339 e. The standard InChI is InChI=1S/C15H13ClO3/c1-9-3-5-13(10(2)7-9)19-14-6-4-11(16)8-12(14)15(17)18/h3-8H,1-2H3,(H,17,18). The molecule has 3 nitrogen and oxygen atoms in total. The maximum absolute atomic E-state index is 11.2. The molecule has 1 N–H and O–H groups in total. The third-order valence-electron chi connectivity index (χ3n) is 2.72. The summed E-state index contributed by atoms with van der Waals surface area (Å²) in [4.78, 5) is 11.2. The summed E-state index contributed by atoms with van der Waals surface area (Å²) in [5.41, 5.74) is 2.12. The van der Waals surface area contributed by atoms with E-state index < -0.39 is 5.97 Å². The van der Waals surface area contributed by atoms with Crippen LogP contribution in [0.3, 0.4) is 0 Å². The van der Waals surface area contributed by atoms with Crippen molar-refractivity contribution in [3.05, 3.63) is 58.1 Å². The molecule has 0 aromatic heterocycles. The second kappa shape index (κ2) is 5.33. The van der Waals surface area contributed by atoms with Gasteiger partial charge in [-0.2, -0.15) is 0 Å². The number of ether oxygens (including phenoxy) is 1. The first-order chi connectivity index (χ1) is 8.97. The average Bonchev–Trinajstić information content (AvgIpc) is 2.34. The zero-order chi connectivity index (χ0) is 14.0. The van der Waals surface area contributed by atoms with Crippen LogP contribution in [0.4, 0.5) is 0 Å². The molecular formula is C15H13ClO3. The highest BCUT2D eigenvalue weighted by molar-refractivity contribution is 6.31. The quantitative estimate of drug-likeness (QED) is 0.901. The normalized spacial score (nSPS) is 10.3. The van der Waals surface area contributed by atoms with Gasteiger partial charge in [0.25, 0.3) is 0 Å². The van der Waals surface area contributed by atoms with Gasteiger partial charge in [0.1, 0.15) is 17.1 Å². The summed E-state index contributed by atoms with van der Waals surface area (Å²) in [6.07, 6.45) is 0. The Labute approximate surface area is 116 Å². The number of rotatable bonds is 3. The van der Waals surface area contributed by atoms with Gasteiger partial charge in [-0.25, -0.2) is 4.79 Å². The minimum Gasteiger partial charge on any atom is -0.478 e. The van der Waals surface area contributed by atoms with Gasteiger partial charge in [0.15, 0.2) is 0 Å². The first-order valence-electron chi connectivity index (χ1n) is 5.75. The van der Waals surface area contributed by atoms with Gasteiger partial charge < -0.3 is 9.84 Å². The average molecular weight is 277 g/mol.